The number of carbonyl (C=O) groups excluding carboxylic acids is 1. The van der Waals surface area contributed by atoms with Gasteiger partial charge in [-0.1, -0.05) is 46.0 Å². The van der Waals surface area contributed by atoms with Crippen LogP contribution in [0, 0.1) is 5.82 Å². The first kappa shape index (κ1) is 25.4. The number of rotatable bonds is 3. The second-order valence-corrected chi connectivity index (χ2v) is 9.43. The van der Waals surface area contributed by atoms with Gasteiger partial charge in [-0.05, 0) is 45.0 Å². The minimum Gasteiger partial charge on any atom is -0.444 e. The molecule has 0 radical (unpaired) electrons. The van der Waals surface area contributed by atoms with Crippen molar-refractivity contribution in [1.29, 1.82) is 0 Å². The molecule has 1 heterocycles. The van der Waals surface area contributed by atoms with Crippen molar-refractivity contribution in [2.24, 2.45) is 5.16 Å². The van der Waals surface area contributed by atoms with Gasteiger partial charge >= 0.3 is 12.3 Å². The summed E-state index contributed by atoms with van der Waals surface area (Å²) in [6.45, 7) is 5.00. The van der Waals surface area contributed by atoms with Gasteiger partial charge in [0.2, 0.25) is 0 Å². The van der Waals surface area contributed by atoms with Crippen LogP contribution in [0.2, 0.25) is 15.1 Å². The minimum absolute atomic E-state index is 0.0900. The zero-order valence-corrected chi connectivity index (χ0v) is 19.7. The van der Waals surface area contributed by atoms with Crippen molar-refractivity contribution in [1.82, 2.24) is 0 Å². The second kappa shape index (κ2) is 8.85. The Bertz CT molecular complexity index is 1110. The molecule has 12 heteroatoms. The van der Waals surface area contributed by atoms with Crippen LogP contribution in [-0.4, -0.2) is 23.6 Å². The molecule has 1 amide bonds. The predicted octanol–water partition coefficient (Wildman–Crippen LogP) is 7.72. The van der Waals surface area contributed by atoms with E-state index in [1.54, 1.807) is 20.8 Å². The maximum Gasteiger partial charge on any atom is 0.435 e. The lowest BCUT2D eigenvalue weighted by Gasteiger charge is -2.29. The number of hydrogen-bond acceptors (Lipinski definition) is 4. The molecule has 0 bridgehead atoms. The first-order valence-electron chi connectivity index (χ1n) is 9.40. The van der Waals surface area contributed by atoms with Crippen LogP contribution in [0.3, 0.4) is 0 Å². The van der Waals surface area contributed by atoms with Gasteiger partial charge in [0, 0.05) is 17.5 Å². The Labute approximate surface area is 201 Å². The molecular weight excluding hydrogens is 511 g/mol. The number of oxime groups is 1. The Morgan fingerprint density at radius 2 is 1.70 bits per heavy atom. The standard InChI is InChI=1S/C21H17Cl3F4N2O3/c1-19(2,3)32-18(31)29-15-6-10(4-5-12(15)22)16-9-20(33-30-16,21(26,27)28)11-7-13(23)17(25)14(24)8-11/h4-8H,9H2,1-3H3,(H,29,31). The normalized spacial score (nSPS) is 18.5. The second-order valence-electron chi connectivity index (χ2n) is 8.21. The van der Waals surface area contributed by atoms with Gasteiger partial charge in [-0.2, -0.15) is 13.2 Å². The summed E-state index contributed by atoms with van der Waals surface area (Å²) < 4.78 is 61.4. The smallest absolute Gasteiger partial charge is 0.435 e. The molecule has 1 N–H and O–H groups in total. The molecule has 0 saturated heterocycles. The van der Waals surface area contributed by atoms with Crippen molar-refractivity contribution in [3.05, 3.63) is 62.3 Å². The quantitative estimate of drug-likeness (QED) is 0.328. The first-order valence-corrected chi connectivity index (χ1v) is 10.5. The van der Waals surface area contributed by atoms with Gasteiger partial charge in [-0.25, -0.2) is 9.18 Å². The number of hydrogen-bond donors (Lipinski definition) is 1. The van der Waals surface area contributed by atoms with E-state index in [4.69, 9.17) is 44.4 Å². The molecule has 178 valence electrons. The number of ether oxygens (including phenoxy) is 1. The third-order valence-electron chi connectivity index (χ3n) is 4.57. The maximum atomic E-state index is 14.2. The summed E-state index contributed by atoms with van der Waals surface area (Å²) >= 11 is 17.5. The van der Waals surface area contributed by atoms with Crippen molar-refractivity contribution < 1.29 is 31.9 Å². The van der Waals surface area contributed by atoms with Crippen molar-refractivity contribution >= 4 is 52.3 Å². The molecule has 0 spiro atoms. The van der Waals surface area contributed by atoms with Crippen molar-refractivity contribution in [2.75, 3.05) is 5.32 Å². The molecule has 2 aromatic carbocycles. The number of anilines is 1. The van der Waals surface area contributed by atoms with Gasteiger partial charge in [0.15, 0.2) is 5.82 Å². The van der Waals surface area contributed by atoms with E-state index < -0.39 is 51.3 Å². The average molecular weight is 528 g/mol. The Morgan fingerprint density at radius 1 is 1.09 bits per heavy atom. The van der Waals surface area contributed by atoms with Crippen LogP contribution >= 0.6 is 34.8 Å². The highest BCUT2D eigenvalue weighted by Crippen LogP contribution is 2.50. The largest absolute Gasteiger partial charge is 0.444 e. The molecule has 1 unspecified atom stereocenters. The molecule has 0 fully saturated rings. The number of nitrogens with zero attached hydrogens (tertiary/aromatic N) is 1. The fourth-order valence-electron chi connectivity index (χ4n) is 3.06. The topological polar surface area (TPSA) is 59.9 Å². The van der Waals surface area contributed by atoms with Gasteiger partial charge in [-0.15, -0.1) is 0 Å². The molecule has 0 aliphatic carbocycles. The summed E-state index contributed by atoms with van der Waals surface area (Å²) in [5.41, 5.74) is -4.01. The predicted molar refractivity (Wildman–Crippen MR) is 118 cm³/mol. The van der Waals surface area contributed by atoms with Crippen LogP contribution < -0.4 is 5.32 Å². The van der Waals surface area contributed by atoms with Crippen molar-refractivity contribution in [3.63, 3.8) is 0 Å². The number of nitrogens with one attached hydrogen (secondary N) is 1. The van der Waals surface area contributed by atoms with Crippen LogP contribution in [0.5, 0.6) is 0 Å². The fraction of sp³-hybridized carbons (Fsp3) is 0.333. The minimum atomic E-state index is -4.95. The lowest BCUT2D eigenvalue weighted by atomic mass is 9.86. The summed E-state index contributed by atoms with van der Waals surface area (Å²) in [7, 11) is 0. The Kier molecular flexibility index (Phi) is 6.81. The third kappa shape index (κ3) is 5.31. The van der Waals surface area contributed by atoms with E-state index >= 15 is 0 Å². The van der Waals surface area contributed by atoms with Crippen molar-refractivity contribution in [3.8, 4) is 0 Å². The number of carbonyl (C=O) groups is 1. The Hall–Kier alpha value is -2.23. The molecule has 5 nitrogen and oxygen atoms in total. The summed E-state index contributed by atoms with van der Waals surface area (Å²) in [6, 6.07) is 5.73. The highest BCUT2D eigenvalue weighted by molar-refractivity contribution is 6.35. The van der Waals surface area contributed by atoms with E-state index in [1.165, 1.54) is 18.2 Å². The SMILES string of the molecule is CC(C)(C)OC(=O)Nc1cc(C2=NOC(c3cc(Cl)c(F)c(Cl)c3)(C(F)(F)F)C2)ccc1Cl. The Balaban J connectivity index is 1.94. The molecule has 33 heavy (non-hydrogen) atoms. The summed E-state index contributed by atoms with van der Waals surface area (Å²) in [5.74, 6) is -1.05. The Morgan fingerprint density at radius 3 is 2.24 bits per heavy atom. The number of alkyl halides is 3. The molecule has 1 atom stereocenters. The van der Waals surface area contributed by atoms with Crippen LogP contribution in [0.1, 0.15) is 38.3 Å². The van der Waals surface area contributed by atoms with E-state index in [1.807, 2.05) is 0 Å². The molecule has 3 rings (SSSR count). The molecule has 0 aromatic heterocycles. The van der Waals surface area contributed by atoms with Crippen LogP contribution in [0.15, 0.2) is 35.5 Å². The van der Waals surface area contributed by atoms with Crippen LogP contribution in [0.25, 0.3) is 0 Å². The van der Waals surface area contributed by atoms with E-state index in [9.17, 15) is 22.4 Å². The third-order valence-corrected chi connectivity index (χ3v) is 5.45. The van der Waals surface area contributed by atoms with Crippen LogP contribution in [0.4, 0.5) is 28.0 Å². The lowest BCUT2D eigenvalue weighted by molar-refractivity contribution is -0.275. The monoisotopic (exact) mass is 526 g/mol. The molecular formula is C21H17Cl3F4N2O3. The summed E-state index contributed by atoms with van der Waals surface area (Å²) in [5, 5.41) is 5.02. The number of amides is 1. The van der Waals surface area contributed by atoms with Gasteiger partial charge in [0.25, 0.3) is 5.60 Å². The highest BCUT2D eigenvalue weighted by atomic mass is 35.5. The van der Waals surface area contributed by atoms with Crippen molar-refractivity contribution in [2.45, 2.75) is 44.6 Å². The molecule has 1 aliphatic rings. The average Bonchev–Trinajstić information content (AvgIpc) is 3.13. The molecule has 1 aliphatic heterocycles. The van der Waals surface area contributed by atoms with Crippen LogP contribution in [-0.2, 0) is 15.2 Å². The zero-order valence-electron chi connectivity index (χ0n) is 17.4. The molecule has 2 aromatic rings. The molecule has 0 saturated carbocycles. The van der Waals surface area contributed by atoms with Gasteiger partial charge < -0.3 is 9.57 Å². The van der Waals surface area contributed by atoms with E-state index in [2.05, 4.69) is 10.5 Å². The van der Waals surface area contributed by atoms with E-state index in [-0.39, 0.29) is 22.0 Å². The summed E-state index contributed by atoms with van der Waals surface area (Å²) in [4.78, 5) is 17.0. The van der Waals surface area contributed by atoms with Gasteiger partial charge in [0.05, 0.1) is 26.5 Å². The first-order chi connectivity index (χ1) is 15.1. The summed E-state index contributed by atoms with van der Waals surface area (Å²) in [6.07, 6.45) is -6.51. The number of halogens is 7. The maximum absolute atomic E-state index is 14.2. The fourth-order valence-corrected chi connectivity index (χ4v) is 3.71. The lowest BCUT2D eigenvalue weighted by Crippen LogP contribution is -2.42. The van der Waals surface area contributed by atoms with E-state index in [0.717, 1.165) is 12.1 Å². The zero-order chi connectivity index (χ0) is 24.8. The van der Waals surface area contributed by atoms with E-state index in [0.29, 0.717) is 0 Å². The van der Waals surface area contributed by atoms with Gasteiger partial charge in [-0.3, -0.25) is 5.32 Å². The number of benzene rings is 2. The highest BCUT2D eigenvalue weighted by Gasteiger charge is 2.62. The van der Waals surface area contributed by atoms with Gasteiger partial charge in [0.1, 0.15) is 5.60 Å².